The molecule has 0 aliphatic rings. The van der Waals surface area contributed by atoms with Crippen LogP contribution < -0.4 is 5.32 Å². The molecule has 0 aliphatic carbocycles. The van der Waals surface area contributed by atoms with Gasteiger partial charge in [0.15, 0.2) is 5.58 Å². The second-order valence-electron chi connectivity index (χ2n) is 7.41. The van der Waals surface area contributed by atoms with E-state index < -0.39 is 11.7 Å². The molecule has 0 saturated heterocycles. The highest BCUT2D eigenvalue weighted by Crippen LogP contribution is 2.30. The Kier molecular flexibility index (Phi) is 5.59. The van der Waals surface area contributed by atoms with Crippen molar-refractivity contribution in [3.63, 3.8) is 0 Å². The Hall–Kier alpha value is -3.48. The van der Waals surface area contributed by atoms with Crippen molar-refractivity contribution in [3.8, 4) is 0 Å². The van der Waals surface area contributed by atoms with Gasteiger partial charge in [0.05, 0.1) is 11.1 Å². The summed E-state index contributed by atoms with van der Waals surface area (Å²) in [5.41, 5.74) is 2.38. The molecular formula is C24H21F3N2O2. The third-order valence-corrected chi connectivity index (χ3v) is 5.08. The first kappa shape index (κ1) is 20.8. The first-order valence-electron chi connectivity index (χ1n) is 9.89. The van der Waals surface area contributed by atoms with Crippen LogP contribution in [0.1, 0.15) is 32.9 Å². The number of aryl methyl sites for hydroxylation is 1. The van der Waals surface area contributed by atoms with Gasteiger partial charge >= 0.3 is 6.18 Å². The maximum Gasteiger partial charge on any atom is 0.416 e. The number of benzene rings is 2. The summed E-state index contributed by atoms with van der Waals surface area (Å²) < 4.78 is 46.7. The number of rotatable bonds is 6. The molecule has 2 aromatic heterocycles. The average molecular weight is 426 g/mol. The molecule has 0 bridgehead atoms. The van der Waals surface area contributed by atoms with Crippen LogP contribution in [0.4, 0.5) is 13.2 Å². The van der Waals surface area contributed by atoms with Crippen LogP contribution in [0.3, 0.4) is 0 Å². The molecule has 2 aromatic carbocycles. The number of hydrogen-bond donors (Lipinski definition) is 1. The molecule has 4 rings (SSSR count). The van der Waals surface area contributed by atoms with E-state index in [0.717, 1.165) is 17.7 Å². The van der Waals surface area contributed by atoms with Crippen LogP contribution in [0.5, 0.6) is 0 Å². The minimum atomic E-state index is -4.42. The third kappa shape index (κ3) is 4.66. The van der Waals surface area contributed by atoms with Crippen LogP contribution in [0.25, 0.3) is 11.1 Å². The van der Waals surface area contributed by atoms with Crippen LogP contribution >= 0.6 is 0 Å². The van der Waals surface area contributed by atoms with E-state index in [0.29, 0.717) is 41.1 Å². The van der Waals surface area contributed by atoms with Crippen LogP contribution in [0.15, 0.2) is 71.1 Å². The van der Waals surface area contributed by atoms with Gasteiger partial charge in [0.1, 0.15) is 11.5 Å². The lowest BCUT2D eigenvalue weighted by atomic mass is 10.1. The van der Waals surface area contributed by atoms with Crippen molar-refractivity contribution in [2.75, 3.05) is 6.54 Å². The van der Waals surface area contributed by atoms with Crippen molar-refractivity contribution in [2.24, 2.45) is 0 Å². The molecule has 2 heterocycles. The molecule has 1 N–H and O–H groups in total. The number of halogens is 3. The van der Waals surface area contributed by atoms with E-state index in [9.17, 15) is 18.0 Å². The Morgan fingerprint density at radius 3 is 2.48 bits per heavy atom. The van der Waals surface area contributed by atoms with Crippen molar-refractivity contribution in [2.45, 2.75) is 26.1 Å². The molecule has 4 aromatic rings. The summed E-state index contributed by atoms with van der Waals surface area (Å²) in [6.45, 7) is 2.35. The van der Waals surface area contributed by atoms with Gasteiger partial charge in [-0.25, -0.2) is 0 Å². The molecule has 7 heteroatoms. The topological polar surface area (TPSA) is 47.2 Å². The predicted molar refractivity (Wildman–Crippen MR) is 112 cm³/mol. The smallest absolute Gasteiger partial charge is 0.416 e. The molecule has 1 amide bonds. The third-order valence-electron chi connectivity index (χ3n) is 5.08. The largest absolute Gasteiger partial charge is 0.460 e. The van der Waals surface area contributed by atoms with E-state index in [2.05, 4.69) is 5.32 Å². The number of nitrogens with one attached hydrogen (secondary N) is 1. The average Bonchev–Trinajstić information content (AvgIpc) is 3.25. The zero-order chi connectivity index (χ0) is 22.0. The summed E-state index contributed by atoms with van der Waals surface area (Å²) in [5.74, 6) is 0.366. The summed E-state index contributed by atoms with van der Waals surface area (Å²) >= 11 is 0. The number of carbonyl (C=O) groups is 1. The summed E-state index contributed by atoms with van der Waals surface area (Å²) in [4.78, 5) is 12.9. The van der Waals surface area contributed by atoms with Crippen molar-refractivity contribution >= 4 is 17.0 Å². The number of aromatic nitrogens is 1. The van der Waals surface area contributed by atoms with E-state index in [1.54, 1.807) is 29.7 Å². The minimum Gasteiger partial charge on any atom is -0.460 e. The summed E-state index contributed by atoms with van der Waals surface area (Å²) in [5, 5.41) is 2.89. The van der Waals surface area contributed by atoms with Crippen molar-refractivity contribution < 1.29 is 22.4 Å². The van der Waals surface area contributed by atoms with Gasteiger partial charge in [0, 0.05) is 25.2 Å². The van der Waals surface area contributed by atoms with E-state index in [-0.39, 0.29) is 12.5 Å². The molecule has 0 unspecified atom stereocenters. The van der Waals surface area contributed by atoms with E-state index in [4.69, 9.17) is 4.42 Å². The van der Waals surface area contributed by atoms with Gasteiger partial charge in [0.25, 0.3) is 5.91 Å². The quantitative estimate of drug-likeness (QED) is 0.437. The Balaban J connectivity index is 1.59. The van der Waals surface area contributed by atoms with Crippen molar-refractivity contribution in [1.29, 1.82) is 0 Å². The minimum absolute atomic E-state index is 0.119. The monoisotopic (exact) mass is 426 g/mol. The molecule has 31 heavy (non-hydrogen) atoms. The molecule has 0 fully saturated rings. The van der Waals surface area contributed by atoms with Gasteiger partial charge in [-0.2, -0.15) is 13.2 Å². The first-order valence-corrected chi connectivity index (χ1v) is 9.89. The number of hydrogen-bond acceptors (Lipinski definition) is 2. The van der Waals surface area contributed by atoms with Crippen molar-refractivity contribution in [3.05, 3.63) is 94.9 Å². The SMILES string of the molecule is Cc1cc2c(cc(C(=O)NCCc3ccccc3)n2Cc2cccc(C(F)(F)F)c2)o1. The second kappa shape index (κ2) is 8.34. The van der Waals surface area contributed by atoms with E-state index >= 15 is 0 Å². The first-order chi connectivity index (χ1) is 14.8. The fourth-order valence-corrected chi connectivity index (χ4v) is 3.61. The lowest BCUT2D eigenvalue weighted by Crippen LogP contribution is -2.28. The van der Waals surface area contributed by atoms with E-state index in [1.807, 2.05) is 30.3 Å². The van der Waals surface area contributed by atoms with Crippen LogP contribution in [0.2, 0.25) is 0 Å². The van der Waals surface area contributed by atoms with Gasteiger partial charge in [-0.05, 0) is 36.6 Å². The number of alkyl halides is 3. The highest BCUT2D eigenvalue weighted by molar-refractivity contribution is 5.97. The summed E-state index contributed by atoms with van der Waals surface area (Å²) in [6, 6.07) is 18.3. The molecule has 0 saturated carbocycles. The molecule has 0 radical (unpaired) electrons. The van der Waals surface area contributed by atoms with Gasteiger partial charge in [-0.1, -0.05) is 42.5 Å². The van der Waals surface area contributed by atoms with Crippen LogP contribution in [-0.2, 0) is 19.1 Å². The van der Waals surface area contributed by atoms with Crippen LogP contribution in [-0.4, -0.2) is 17.0 Å². The number of carbonyl (C=O) groups excluding carboxylic acids is 1. The molecule has 160 valence electrons. The summed E-state index contributed by atoms with van der Waals surface area (Å²) in [7, 11) is 0. The fourth-order valence-electron chi connectivity index (χ4n) is 3.61. The normalized spacial score (nSPS) is 11.7. The Bertz CT molecular complexity index is 1210. The molecule has 0 aliphatic heterocycles. The van der Waals surface area contributed by atoms with Crippen LogP contribution in [0, 0.1) is 6.92 Å². The highest BCUT2D eigenvalue weighted by atomic mass is 19.4. The van der Waals surface area contributed by atoms with E-state index in [1.165, 1.54) is 6.07 Å². The van der Waals surface area contributed by atoms with Gasteiger partial charge in [-0.3, -0.25) is 4.79 Å². The molecule has 0 atom stereocenters. The van der Waals surface area contributed by atoms with Gasteiger partial charge in [0.2, 0.25) is 0 Å². The fraction of sp³-hybridized carbons (Fsp3) is 0.208. The number of amides is 1. The zero-order valence-corrected chi connectivity index (χ0v) is 16.9. The maximum atomic E-state index is 13.1. The van der Waals surface area contributed by atoms with Gasteiger partial charge < -0.3 is 14.3 Å². The molecule has 4 nitrogen and oxygen atoms in total. The number of furan rings is 1. The Morgan fingerprint density at radius 1 is 1.00 bits per heavy atom. The van der Waals surface area contributed by atoms with Gasteiger partial charge in [-0.15, -0.1) is 0 Å². The number of fused-ring (bicyclic) bond motifs is 1. The van der Waals surface area contributed by atoms with Crippen molar-refractivity contribution in [1.82, 2.24) is 9.88 Å². The second-order valence-corrected chi connectivity index (χ2v) is 7.41. The zero-order valence-electron chi connectivity index (χ0n) is 16.9. The Morgan fingerprint density at radius 2 is 1.74 bits per heavy atom. The lowest BCUT2D eigenvalue weighted by molar-refractivity contribution is -0.137. The Labute approximate surface area is 177 Å². The predicted octanol–water partition coefficient (Wildman–Crippen LogP) is 5.58. The standard InChI is InChI=1S/C24H21F3N2O2/c1-16-12-20-22(31-16)14-21(23(30)28-11-10-17-6-3-2-4-7-17)29(20)15-18-8-5-9-19(13-18)24(25,26)27/h2-9,12-14H,10-11,15H2,1H3,(H,28,30). The summed E-state index contributed by atoms with van der Waals surface area (Å²) in [6.07, 6.45) is -3.75. The lowest BCUT2D eigenvalue weighted by Gasteiger charge is -2.13. The highest BCUT2D eigenvalue weighted by Gasteiger charge is 2.30. The molecular weight excluding hydrogens is 405 g/mol. The number of nitrogens with zero attached hydrogens (tertiary/aromatic N) is 1. The maximum absolute atomic E-state index is 13.1. The molecule has 0 spiro atoms.